The number of primary amides is 1. The zero-order valence-electron chi connectivity index (χ0n) is 58.8. The lowest BCUT2D eigenvalue weighted by Crippen LogP contribution is -2.56. The second-order valence-corrected chi connectivity index (χ2v) is 27.8. The maximum absolute atomic E-state index is 13.2. The quantitative estimate of drug-likeness (QED) is 0.0608. The van der Waals surface area contributed by atoms with Crippen LogP contribution in [0.3, 0.4) is 0 Å². The van der Waals surface area contributed by atoms with Gasteiger partial charge in [0.15, 0.2) is 0 Å². The molecule has 0 radical (unpaired) electrons. The van der Waals surface area contributed by atoms with Crippen molar-refractivity contribution in [2.45, 2.75) is 113 Å². The molecule has 17 nitrogen and oxygen atoms in total. The molecule has 7 aliphatic rings. The minimum atomic E-state index is -0.773. The molecule has 0 saturated carbocycles. The Morgan fingerprint density at radius 3 is 1.25 bits per heavy atom. The van der Waals surface area contributed by atoms with Crippen LogP contribution in [0.5, 0.6) is 0 Å². The molecule has 104 heavy (non-hydrogen) atoms. The lowest BCUT2D eigenvalue weighted by atomic mass is 9.85. The Morgan fingerprint density at radius 1 is 0.462 bits per heavy atom. The number of piperidine rings is 5. The number of nitriles is 1. The maximum atomic E-state index is 13.2. The summed E-state index contributed by atoms with van der Waals surface area (Å²) in [5.41, 5.74) is 11.7. The first kappa shape index (κ1) is 75.1. The first-order chi connectivity index (χ1) is 50.5. The molecule has 7 aliphatic heterocycles. The monoisotopic (exact) mass is 1410 g/mol. The van der Waals surface area contributed by atoms with Gasteiger partial charge in [-0.05, 0) is 184 Å². The van der Waals surface area contributed by atoms with Crippen molar-refractivity contribution in [3.8, 4) is 6.07 Å². The summed E-state index contributed by atoms with van der Waals surface area (Å²) in [5, 5.41) is 22.3. The highest BCUT2D eigenvalue weighted by Crippen LogP contribution is 2.38. The van der Waals surface area contributed by atoms with Gasteiger partial charge in [-0.3, -0.25) is 38.8 Å². The number of hydrogen-bond donors (Lipinski definition) is 5. The Bertz CT molecular complexity index is 4100. The number of amides is 3. The fourth-order valence-electron chi connectivity index (χ4n) is 14.6. The van der Waals surface area contributed by atoms with Crippen LogP contribution in [-0.4, -0.2) is 144 Å². The van der Waals surface area contributed by atoms with E-state index in [1.165, 1.54) is 70.8 Å². The highest BCUT2D eigenvalue weighted by Gasteiger charge is 2.50. The Hall–Kier alpha value is -10.1. The van der Waals surface area contributed by atoms with Gasteiger partial charge in [0.1, 0.15) is 51.2 Å². The molecular weight excluding hydrogens is 1320 g/mol. The summed E-state index contributed by atoms with van der Waals surface area (Å²) in [7, 11) is 0. The molecule has 0 unspecified atom stereocenters. The van der Waals surface area contributed by atoms with Crippen LogP contribution in [0.2, 0.25) is 0 Å². The fraction of sp³-hybridized carbons (Fsp3) is 0.349. The minimum Gasteiger partial charge on any atom is -0.371 e. The Labute approximate surface area is 607 Å². The number of halogens is 4. The van der Waals surface area contributed by atoms with Crippen molar-refractivity contribution in [3.05, 3.63) is 264 Å². The van der Waals surface area contributed by atoms with Gasteiger partial charge in [-0.2, -0.15) is 5.26 Å². The molecular formula is C83H93F4N13O4. The van der Waals surface area contributed by atoms with Crippen LogP contribution >= 0.6 is 0 Å². The van der Waals surface area contributed by atoms with Crippen LogP contribution in [0.25, 0.3) is 0 Å². The molecule has 21 heteroatoms. The van der Waals surface area contributed by atoms with Crippen LogP contribution < -0.4 is 36.8 Å². The first-order valence-corrected chi connectivity index (χ1v) is 36.0. The van der Waals surface area contributed by atoms with E-state index in [1.807, 2.05) is 53.4 Å². The van der Waals surface area contributed by atoms with E-state index in [2.05, 4.69) is 130 Å². The summed E-state index contributed by atoms with van der Waals surface area (Å²) in [6.07, 6.45) is 8.85. The summed E-state index contributed by atoms with van der Waals surface area (Å²) in [4.78, 5) is 65.2. The van der Waals surface area contributed by atoms with Gasteiger partial charge in [-0.15, -0.1) is 0 Å². The Kier molecular flexibility index (Phi) is 25.9. The number of carbonyl (C=O) groups is 4. The molecule has 3 amide bonds. The number of nitrogens with one attached hydrogen (secondary N) is 4. The molecule has 0 aromatic heterocycles. The Balaban J connectivity index is 0.000000132. The van der Waals surface area contributed by atoms with Crippen LogP contribution in [0.15, 0.2) is 223 Å². The third-order valence-electron chi connectivity index (χ3n) is 20.8. The summed E-state index contributed by atoms with van der Waals surface area (Å²) >= 11 is 0. The average molecular weight is 1410 g/mol. The van der Waals surface area contributed by atoms with E-state index in [0.717, 1.165) is 160 Å². The van der Waals surface area contributed by atoms with Gasteiger partial charge >= 0.3 is 0 Å². The van der Waals surface area contributed by atoms with Gasteiger partial charge in [0.25, 0.3) is 5.91 Å². The molecule has 0 aliphatic carbocycles. The Morgan fingerprint density at radius 2 is 0.837 bits per heavy atom. The minimum absolute atomic E-state index is 0.0869. The van der Waals surface area contributed by atoms with Gasteiger partial charge in [0.2, 0.25) is 11.8 Å². The van der Waals surface area contributed by atoms with Crippen LogP contribution in [0.4, 0.5) is 40.3 Å². The standard InChI is InChI=1S/C20H20FN3O.C19H22FN3O.C19H20FN3.C13H16FN3O.C12H15NO/c21-17-6-8-18(9-7-17)24-15-22-19(25)20(24)10-12-23(13-11-20)14-16-4-2-1-3-5-16;20-16-6-8-17(9-7-16)22-19(18(21)24)10-12-23(13-11-19)14-15-4-2-1-3-5-15;20-17-6-8-18(9-7-17)22-19(15-21)10-12-23(13-11-19)14-16-4-2-1-3-5-16;14-10-1-3-11(4-2-10)17-9-16-12(18)13(17)5-7-15-8-6-13;14-12-6-8-13(9-7-12)10-11-4-2-1-3-5-11/h1-9,15H,10-14H2;1-9,22H,10-14H2,(H2,21,24);1-9,22H,10-14H2;1-4,15H,5-9H2,(H,16,18);1-5H,6-10H2. The summed E-state index contributed by atoms with van der Waals surface area (Å²) < 4.78 is 52.2. The summed E-state index contributed by atoms with van der Waals surface area (Å²) in [6, 6.07) is 68.7. The van der Waals surface area contributed by atoms with E-state index in [-0.39, 0.29) is 41.0 Å². The van der Waals surface area contributed by atoms with Crippen LogP contribution in [0, 0.1) is 34.6 Å². The van der Waals surface area contributed by atoms with Crippen molar-refractivity contribution < 1.29 is 36.7 Å². The smallest absolute Gasteiger partial charge is 0.273 e. The number of ketones is 1. The van der Waals surface area contributed by atoms with E-state index in [1.54, 1.807) is 54.9 Å². The number of benzene rings is 8. The molecule has 0 atom stereocenters. The largest absolute Gasteiger partial charge is 0.371 e. The van der Waals surface area contributed by atoms with Gasteiger partial charge in [-0.25, -0.2) is 22.6 Å². The number of hydrogen-bond acceptors (Lipinski definition) is 14. The second kappa shape index (κ2) is 35.9. The molecule has 0 bridgehead atoms. The van der Waals surface area contributed by atoms with Crippen LogP contribution in [0.1, 0.15) is 86.5 Å². The number of carbonyl (C=O) groups excluding carboxylic acids is 4. The number of aliphatic imine (C=N–C) groups is 1. The number of rotatable bonds is 15. The van der Waals surface area contributed by atoms with Crippen molar-refractivity contribution in [2.75, 3.05) is 92.5 Å². The molecule has 542 valence electrons. The second-order valence-electron chi connectivity index (χ2n) is 27.8. The van der Waals surface area contributed by atoms with E-state index in [9.17, 15) is 42.0 Å². The third kappa shape index (κ3) is 20.0. The maximum Gasteiger partial charge on any atom is 0.273 e. The fourth-order valence-corrected chi connectivity index (χ4v) is 14.6. The SMILES string of the molecule is N#CC1(Nc2ccc(F)cc2)CCN(Cc2ccccc2)CC1.NC(=O)C1(Nc2ccc(F)cc2)CCN(Cc2ccccc2)CC1.O=C1CCN(Cc2ccccc2)CC1.O=C1N=CN(c2ccc(F)cc2)C12CCN(Cc1ccccc1)CC2.O=C1NCN(c2ccc(F)cc2)C12CCNCC2. The average Bonchev–Trinajstić information content (AvgIpc) is 1.59. The van der Waals surface area contributed by atoms with E-state index >= 15 is 0 Å². The molecule has 7 heterocycles. The lowest BCUT2D eigenvalue weighted by molar-refractivity contribution is -0.125. The summed E-state index contributed by atoms with van der Waals surface area (Å²) in [6.45, 7) is 12.7. The highest BCUT2D eigenvalue weighted by molar-refractivity contribution is 6.08. The molecule has 8 aromatic carbocycles. The number of Topliss-reactive ketones (excluding diaryl/α,β-unsaturated/α-hetero) is 1. The number of likely N-dealkylation sites (tertiary alicyclic amines) is 4. The van der Waals surface area contributed by atoms with Crippen molar-refractivity contribution in [2.24, 2.45) is 10.7 Å². The lowest BCUT2D eigenvalue weighted by Gasteiger charge is -2.43. The van der Waals surface area contributed by atoms with Crippen LogP contribution in [-0.2, 0) is 45.4 Å². The van der Waals surface area contributed by atoms with Gasteiger partial charge in [0, 0.05) is 114 Å². The number of nitrogens with two attached hydrogens (primary N) is 1. The molecule has 15 rings (SSSR count). The number of anilines is 4. The molecule has 8 aromatic rings. The first-order valence-electron chi connectivity index (χ1n) is 36.0. The normalized spacial score (nSPS) is 18.9. The van der Waals surface area contributed by atoms with Crippen molar-refractivity contribution in [1.82, 2.24) is 30.2 Å². The van der Waals surface area contributed by atoms with E-state index in [4.69, 9.17) is 5.73 Å². The summed E-state index contributed by atoms with van der Waals surface area (Å²) in [5.74, 6) is -1.04. The van der Waals surface area contributed by atoms with Gasteiger partial charge in [-0.1, -0.05) is 121 Å². The molecule has 6 N–H and O–H groups in total. The number of nitrogens with zero attached hydrogens (tertiary/aromatic N) is 8. The molecule has 6 fully saturated rings. The predicted octanol–water partition coefficient (Wildman–Crippen LogP) is 12.5. The van der Waals surface area contributed by atoms with Crippen molar-refractivity contribution in [1.29, 1.82) is 5.26 Å². The van der Waals surface area contributed by atoms with Gasteiger partial charge < -0.3 is 36.8 Å². The zero-order chi connectivity index (χ0) is 72.8. The highest BCUT2D eigenvalue weighted by atomic mass is 19.1. The molecule has 2 spiro atoms. The zero-order valence-corrected chi connectivity index (χ0v) is 58.8. The molecule has 6 saturated heterocycles. The van der Waals surface area contributed by atoms with Gasteiger partial charge in [0.05, 0.1) is 19.1 Å². The topological polar surface area (TPSA) is 198 Å². The predicted molar refractivity (Wildman–Crippen MR) is 401 cm³/mol. The van der Waals surface area contributed by atoms with Crippen molar-refractivity contribution >= 4 is 52.6 Å². The van der Waals surface area contributed by atoms with Crippen molar-refractivity contribution in [3.63, 3.8) is 0 Å². The van der Waals surface area contributed by atoms with E-state index in [0.29, 0.717) is 31.0 Å². The van der Waals surface area contributed by atoms with E-state index < -0.39 is 22.2 Å². The third-order valence-corrected chi connectivity index (χ3v) is 20.8.